The lowest BCUT2D eigenvalue weighted by molar-refractivity contribution is -0.177. The predicted octanol–water partition coefficient (Wildman–Crippen LogP) is 3.02. The summed E-state index contributed by atoms with van der Waals surface area (Å²) in [5, 5.41) is 21.1. The fraction of sp³-hybridized carbons (Fsp3) is 0.750. The summed E-state index contributed by atoms with van der Waals surface area (Å²) in [5.74, 6) is 1.40. The monoisotopic (exact) mass is 420 g/mol. The molecule has 3 rings (SSSR count). The van der Waals surface area contributed by atoms with Crippen LogP contribution in [0.5, 0.6) is 0 Å². The van der Waals surface area contributed by atoms with Gasteiger partial charge in [-0.25, -0.2) is 0 Å². The van der Waals surface area contributed by atoms with Crippen LogP contribution in [0.2, 0.25) is 0 Å². The number of aliphatic hydroxyl groups excluding tert-OH is 1. The second-order valence-corrected chi connectivity index (χ2v) is 10.1. The Balaban J connectivity index is 1.75. The highest BCUT2D eigenvalue weighted by Gasteiger charge is 2.71. The van der Waals surface area contributed by atoms with Crippen LogP contribution in [0.15, 0.2) is 24.3 Å². The van der Waals surface area contributed by atoms with E-state index in [0.29, 0.717) is 35.7 Å². The Morgan fingerprint density at radius 1 is 1.30 bits per heavy atom. The van der Waals surface area contributed by atoms with E-state index in [-0.39, 0.29) is 30.0 Å². The molecule has 30 heavy (non-hydrogen) atoms. The van der Waals surface area contributed by atoms with Crippen LogP contribution in [0.3, 0.4) is 0 Å². The lowest BCUT2D eigenvalue weighted by atomic mass is 9.46. The SMILES string of the molecule is C=C(C(O)/C=C\C(C)(O)COC(C)=O)[C@@H]1C[C@@H](OC(C)=O)[C@@]2(C)[C@@H]1[C@@H]1[C@H](C)CC[C@@H]12. The highest BCUT2D eigenvalue weighted by atomic mass is 16.5. The molecule has 0 radical (unpaired) electrons. The Morgan fingerprint density at radius 2 is 1.97 bits per heavy atom. The number of ether oxygens (including phenoxy) is 2. The Bertz CT molecular complexity index is 740. The second-order valence-electron chi connectivity index (χ2n) is 10.1. The van der Waals surface area contributed by atoms with Gasteiger partial charge in [0.15, 0.2) is 0 Å². The molecule has 0 spiro atoms. The average Bonchev–Trinajstić information content (AvgIpc) is 3.10. The molecular weight excluding hydrogens is 384 g/mol. The molecule has 3 aliphatic carbocycles. The molecule has 0 amide bonds. The number of aliphatic hydroxyl groups is 2. The van der Waals surface area contributed by atoms with E-state index in [0.717, 1.165) is 6.42 Å². The topological polar surface area (TPSA) is 93.1 Å². The molecule has 168 valence electrons. The third kappa shape index (κ3) is 3.96. The van der Waals surface area contributed by atoms with Crippen molar-refractivity contribution in [3.05, 3.63) is 24.3 Å². The number of rotatable bonds is 7. The van der Waals surface area contributed by atoms with Crippen molar-refractivity contribution in [3.8, 4) is 0 Å². The molecule has 6 heteroatoms. The van der Waals surface area contributed by atoms with Crippen LogP contribution in [-0.2, 0) is 19.1 Å². The van der Waals surface area contributed by atoms with Crippen LogP contribution >= 0.6 is 0 Å². The average molecular weight is 421 g/mol. The van der Waals surface area contributed by atoms with E-state index in [1.807, 2.05) is 0 Å². The van der Waals surface area contributed by atoms with Gasteiger partial charge in [0.25, 0.3) is 0 Å². The standard InChI is InChI=1S/C24H36O6/c1-13-7-8-18-21(13)22-17(11-20(24(18,22)6)30-16(4)26)14(2)19(27)9-10-23(5,28)12-29-15(3)25/h9-10,13,17-22,27-28H,2,7-8,11-12H2,1,3-6H3/b10-9-/t13-,17+,18+,19?,20-,21-,22+,23?,24+/m1/s1. The number of fused-ring (bicyclic) bond motifs is 4. The van der Waals surface area contributed by atoms with Crippen LogP contribution in [0.1, 0.15) is 53.9 Å². The second kappa shape index (κ2) is 8.12. The van der Waals surface area contributed by atoms with Crippen LogP contribution in [0.25, 0.3) is 0 Å². The lowest BCUT2D eigenvalue weighted by Gasteiger charge is -2.59. The molecule has 0 aromatic rings. The Kier molecular flexibility index (Phi) is 6.23. The number of esters is 2. The molecule has 0 bridgehead atoms. The molecule has 0 aliphatic heterocycles. The van der Waals surface area contributed by atoms with Crippen molar-refractivity contribution in [1.29, 1.82) is 0 Å². The summed E-state index contributed by atoms with van der Waals surface area (Å²) in [5.41, 5.74) is -0.754. The molecule has 0 aromatic heterocycles. The quantitative estimate of drug-likeness (QED) is 0.486. The number of hydrogen-bond acceptors (Lipinski definition) is 6. The molecular formula is C24H36O6. The summed E-state index contributed by atoms with van der Waals surface area (Å²) in [6, 6.07) is 0. The molecule has 0 heterocycles. The van der Waals surface area contributed by atoms with Crippen molar-refractivity contribution >= 4 is 11.9 Å². The molecule has 3 saturated carbocycles. The fourth-order valence-corrected chi connectivity index (χ4v) is 6.58. The first-order chi connectivity index (χ1) is 13.9. The first-order valence-corrected chi connectivity index (χ1v) is 11.0. The summed E-state index contributed by atoms with van der Waals surface area (Å²) < 4.78 is 10.6. The molecule has 6 nitrogen and oxygen atoms in total. The summed E-state index contributed by atoms with van der Waals surface area (Å²) in [4.78, 5) is 22.7. The van der Waals surface area contributed by atoms with Crippen LogP contribution in [-0.4, -0.2) is 46.6 Å². The van der Waals surface area contributed by atoms with Crippen molar-refractivity contribution in [1.82, 2.24) is 0 Å². The number of carbonyl (C=O) groups is 2. The smallest absolute Gasteiger partial charge is 0.302 e. The zero-order valence-corrected chi connectivity index (χ0v) is 18.8. The van der Waals surface area contributed by atoms with Gasteiger partial charge in [-0.1, -0.05) is 39.0 Å². The zero-order valence-electron chi connectivity index (χ0n) is 18.8. The van der Waals surface area contributed by atoms with Crippen molar-refractivity contribution in [2.24, 2.45) is 35.0 Å². The molecule has 9 atom stereocenters. The molecule has 0 aromatic carbocycles. The number of carbonyl (C=O) groups excluding carboxylic acids is 2. The van der Waals surface area contributed by atoms with E-state index >= 15 is 0 Å². The fourth-order valence-electron chi connectivity index (χ4n) is 6.58. The summed E-state index contributed by atoms with van der Waals surface area (Å²) >= 11 is 0. The van der Waals surface area contributed by atoms with Gasteiger partial charge in [-0.15, -0.1) is 0 Å². The van der Waals surface area contributed by atoms with E-state index in [9.17, 15) is 19.8 Å². The molecule has 2 unspecified atom stereocenters. The zero-order chi connectivity index (χ0) is 22.4. The summed E-state index contributed by atoms with van der Waals surface area (Å²) in [7, 11) is 0. The van der Waals surface area contributed by atoms with Gasteiger partial charge in [0.1, 0.15) is 18.3 Å². The number of hydrogen-bond donors (Lipinski definition) is 2. The Labute approximate surface area is 179 Å². The maximum atomic E-state index is 11.7. The van der Waals surface area contributed by atoms with Gasteiger partial charge >= 0.3 is 11.9 Å². The molecule has 0 saturated heterocycles. The van der Waals surface area contributed by atoms with Crippen LogP contribution in [0.4, 0.5) is 0 Å². The van der Waals surface area contributed by atoms with E-state index in [4.69, 9.17) is 9.47 Å². The van der Waals surface area contributed by atoms with E-state index in [1.54, 1.807) is 0 Å². The van der Waals surface area contributed by atoms with Crippen LogP contribution < -0.4 is 0 Å². The van der Waals surface area contributed by atoms with Gasteiger partial charge in [-0.05, 0) is 54.9 Å². The third-order valence-corrected chi connectivity index (χ3v) is 7.95. The minimum Gasteiger partial charge on any atom is -0.462 e. The van der Waals surface area contributed by atoms with Crippen molar-refractivity contribution in [2.75, 3.05) is 6.61 Å². The van der Waals surface area contributed by atoms with Gasteiger partial charge in [0.05, 0.1) is 6.10 Å². The van der Waals surface area contributed by atoms with Gasteiger partial charge < -0.3 is 19.7 Å². The van der Waals surface area contributed by atoms with Crippen LogP contribution in [0, 0.1) is 35.0 Å². The molecule has 2 N–H and O–H groups in total. The van der Waals surface area contributed by atoms with E-state index < -0.39 is 17.7 Å². The first kappa shape index (κ1) is 23.0. The van der Waals surface area contributed by atoms with Crippen molar-refractivity contribution in [3.63, 3.8) is 0 Å². The minimum absolute atomic E-state index is 0.0548. The van der Waals surface area contributed by atoms with E-state index in [1.165, 1.54) is 39.3 Å². The van der Waals surface area contributed by atoms with Gasteiger partial charge in [-0.3, -0.25) is 9.59 Å². The van der Waals surface area contributed by atoms with Crippen molar-refractivity contribution in [2.45, 2.75) is 71.7 Å². The highest BCUT2D eigenvalue weighted by Crippen LogP contribution is 2.73. The lowest BCUT2D eigenvalue weighted by Crippen LogP contribution is -2.58. The van der Waals surface area contributed by atoms with E-state index in [2.05, 4.69) is 20.4 Å². The normalized spacial score (nSPS) is 40.1. The van der Waals surface area contributed by atoms with Gasteiger partial charge in [0.2, 0.25) is 0 Å². The Morgan fingerprint density at radius 3 is 2.57 bits per heavy atom. The minimum atomic E-state index is -1.38. The largest absolute Gasteiger partial charge is 0.462 e. The van der Waals surface area contributed by atoms with Gasteiger partial charge in [-0.2, -0.15) is 0 Å². The maximum absolute atomic E-state index is 11.7. The Hall–Kier alpha value is -1.66. The third-order valence-electron chi connectivity index (χ3n) is 7.95. The summed E-state index contributed by atoms with van der Waals surface area (Å²) in [6.45, 7) is 12.8. The van der Waals surface area contributed by atoms with Gasteiger partial charge in [0, 0.05) is 19.3 Å². The molecule has 3 aliphatic rings. The molecule has 3 fully saturated rings. The maximum Gasteiger partial charge on any atom is 0.302 e. The predicted molar refractivity (Wildman–Crippen MR) is 112 cm³/mol. The van der Waals surface area contributed by atoms with Crippen molar-refractivity contribution < 1.29 is 29.3 Å². The highest BCUT2D eigenvalue weighted by molar-refractivity contribution is 5.66. The summed E-state index contributed by atoms with van der Waals surface area (Å²) in [6.07, 6.45) is 4.90. The first-order valence-electron chi connectivity index (χ1n) is 11.0.